The fraction of sp³-hybridized carbons (Fsp3) is 1.00. The Labute approximate surface area is 118 Å². The van der Waals surface area contributed by atoms with Crippen molar-refractivity contribution in [2.75, 3.05) is 33.2 Å². The molecule has 0 bridgehead atoms. The summed E-state index contributed by atoms with van der Waals surface area (Å²) in [4.78, 5) is 5.34. The molecule has 1 saturated carbocycles. The van der Waals surface area contributed by atoms with E-state index in [4.69, 9.17) is 5.73 Å². The van der Waals surface area contributed by atoms with E-state index < -0.39 is 0 Å². The van der Waals surface area contributed by atoms with E-state index in [0.717, 1.165) is 18.5 Å². The molecule has 0 radical (unpaired) electrons. The van der Waals surface area contributed by atoms with Gasteiger partial charge in [0.2, 0.25) is 0 Å². The lowest BCUT2D eigenvalue weighted by molar-refractivity contribution is 0.00771. The maximum atomic E-state index is 6.26. The van der Waals surface area contributed by atoms with Crippen molar-refractivity contribution in [2.45, 2.75) is 62.9 Å². The molecule has 0 aromatic rings. The molecule has 0 amide bonds. The summed E-state index contributed by atoms with van der Waals surface area (Å²) in [7, 11) is 2.25. The second-order valence-electron chi connectivity index (χ2n) is 7.18. The molecule has 110 valence electrons. The molecular formula is C16H31N3. The van der Waals surface area contributed by atoms with Gasteiger partial charge >= 0.3 is 0 Å². The largest absolute Gasteiger partial charge is 0.329 e. The van der Waals surface area contributed by atoms with Gasteiger partial charge in [0.05, 0.1) is 0 Å². The lowest BCUT2D eigenvalue weighted by atomic mass is 9.83. The van der Waals surface area contributed by atoms with Gasteiger partial charge in [-0.3, -0.25) is 4.90 Å². The van der Waals surface area contributed by atoms with Crippen molar-refractivity contribution in [2.24, 2.45) is 11.7 Å². The molecule has 1 unspecified atom stereocenters. The summed E-state index contributed by atoms with van der Waals surface area (Å²) in [6, 6.07) is 0.856. The molecule has 3 rings (SSSR count). The molecule has 1 atom stereocenters. The number of hydrogen-bond acceptors (Lipinski definition) is 3. The van der Waals surface area contributed by atoms with E-state index in [1.165, 1.54) is 71.0 Å². The molecule has 2 N–H and O–H groups in total. The van der Waals surface area contributed by atoms with E-state index in [-0.39, 0.29) is 0 Å². The summed E-state index contributed by atoms with van der Waals surface area (Å²) in [5, 5.41) is 0. The van der Waals surface area contributed by atoms with Crippen LogP contribution in [0.3, 0.4) is 0 Å². The van der Waals surface area contributed by atoms with Crippen molar-refractivity contribution in [3.05, 3.63) is 0 Å². The van der Waals surface area contributed by atoms with Crippen LogP contribution in [-0.2, 0) is 0 Å². The second kappa shape index (κ2) is 5.71. The minimum Gasteiger partial charge on any atom is -0.329 e. The fourth-order valence-corrected chi connectivity index (χ4v) is 4.86. The Bertz CT molecular complexity index is 290. The maximum Gasteiger partial charge on any atom is 0.0359 e. The van der Waals surface area contributed by atoms with E-state index in [0.29, 0.717) is 5.54 Å². The van der Waals surface area contributed by atoms with Crippen LogP contribution in [0.2, 0.25) is 0 Å². The number of rotatable bonds is 3. The molecule has 3 fully saturated rings. The van der Waals surface area contributed by atoms with Crippen LogP contribution in [0.25, 0.3) is 0 Å². The summed E-state index contributed by atoms with van der Waals surface area (Å²) < 4.78 is 0. The van der Waals surface area contributed by atoms with Gasteiger partial charge in [0.1, 0.15) is 0 Å². The fourth-order valence-electron chi connectivity index (χ4n) is 4.86. The van der Waals surface area contributed by atoms with Gasteiger partial charge in [-0.05, 0) is 71.1 Å². The molecule has 0 aromatic carbocycles. The SMILES string of the molecule is CN1CCC(CN)(N2CCCC2C2CCCC2)CC1. The zero-order chi connectivity index (χ0) is 13.3. The van der Waals surface area contributed by atoms with Gasteiger partial charge in [-0.1, -0.05) is 12.8 Å². The van der Waals surface area contributed by atoms with E-state index in [1.54, 1.807) is 0 Å². The molecule has 2 saturated heterocycles. The number of nitrogens with two attached hydrogens (primary N) is 1. The van der Waals surface area contributed by atoms with Gasteiger partial charge in [-0.2, -0.15) is 0 Å². The first-order valence-electron chi connectivity index (χ1n) is 8.40. The van der Waals surface area contributed by atoms with Crippen molar-refractivity contribution in [1.82, 2.24) is 9.80 Å². The highest BCUT2D eigenvalue weighted by atomic mass is 15.3. The topological polar surface area (TPSA) is 32.5 Å². The molecule has 3 heteroatoms. The van der Waals surface area contributed by atoms with Crippen LogP contribution in [0, 0.1) is 5.92 Å². The Hall–Kier alpha value is -0.120. The quantitative estimate of drug-likeness (QED) is 0.848. The third-order valence-corrected chi connectivity index (χ3v) is 6.15. The Morgan fingerprint density at radius 2 is 1.68 bits per heavy atom. The molecule has 1 aliphatic carbocycles. The standard InChI is InChI=1S/C16H31N3/c1-18-11-8-16(13-17,9-12-18)19-10-4-7-15(19)14-5-2-3-6-14/h14-15H,2-13,17H2,1H3. The van der Waals surface area contributed by atoms with Crippen LogP contribution in [0.1, 0.15) is 51.4 Å². The zero-order valence-electron chi connectivity index (χ0n) is 12.6. The van der Waals surface area contributed by atoms with Crippen molar-refractivity contribution in [3.63, 3.8) is 0 Å². The maximum absolute atomic E-state index is 6.26. The summed E-state index contributed by atoms with van der Waals surface area (Å²) in [5.74, 6) is 0.977. The van der Waals surface area contributed by atoms with Crippen molar-refractivity contribution in [1.29, 1.82) is 0 Å². The van der Waals surface area contributed by atoms with E-state index in [9.17, 15) is 0 Å². The zero-order valence-corrected chi connectivity index (χ0v) is 12.6. The molecule has 2 heterocycles. The predicted molar refractivity (Wildman–Crippen MR) is 80.2 cm³/mol. The van der Waals surface area contributed by atoms with Crippen LogP contribution in [0.15, 0.2) is 0 Å². The summed E-state index contributed by atoms with van der Waals surface area (Å²) in [6.07, 6.45) is 11.3. The molecule has 0 spiro atoms. The Morgan fingerprint density at radius 3 is 2.32 bits per heavy atom. The average Bonchev–Trinajstić information content (AvgIpc) is 3.11. The average molecular weight is 265 g/mol. The number of hydrogen-bond donors (Lipinski definition) is 1. The van der Waals surface area contributed by atoms with Crippen LogP contribution >= 0.6 is 0 Å². The normalized spacial score (nSPS) is 34.1. The number of piperidine rings is 1. The monoisotopic (exact) mass is 265 g/mol. The van der Waals surface area contributed by atoms with Gasteiger partial charge in [-0.25, -0.2) is 0 Å². The molecular weight excluding hydrogens is 234 g/mol. The summed E-state index contributed by atoms with van der Waals surface area (Å²) >= 11 is 0. The minimum absolute atomic E-state index is 0.330. The highest BCUT2D eigenvalue weighted by Gasteiger charge is 2.45. The molecule has 2 aliphatic heterocycles. The van der Waals surface area contributed by atoms with Gasteiger partial charge < -0.3 is 10.6 Å². The molecule has 0 aromatic heterocycles. The van der Waals surface area contributed by atoms with Gasteiger partial charge in [0.25, 0.3) is 0 Å². The third kappa shape index (κ3) is 2.57. The Morgan fingerprint density at radius 1 is 1.00 bits per heavy atom. The third-order valence-electron chi connectivity index (χ3n) is 6.15. The van der Waals surface area contributed by atoms with E-state index >= 15 is 0 Å². The second-order valence-corrected chi connectivity index (χ2v) is 7.18. The Kier molecular flexibility index (Phi) is 4.16. The van der Waals surface area contributed by atoms with E-state index in [1.807, 2.05) is 0 Å². The summed E-state index contributed by atoms with van der Waals surface area (Å²) in [5.41, 5.74) is 6.59. The first kappa shape index (κ1) is 13.8. The van der Waals surface area contributed by atoms with Crippen LogP contribution in [-0.4, -0.2) is 54.6 Å². The first-order chi connectivity index (χ1) is 9.25. The lowest BCUT2D eigenvalue weighted by Gasteiger charge is -2.50. The van der Waals surface area contributed by atoms with Crippen LogP contribution < -0.4 is 5.73 Å². The van der Waals surface area contributed by atoms with Crippen molar-refractivity contribution >= 4 is 0 Å². The highest BCUT2D eigenvalue weighted by molar-refractivity contribution is 5.02. The van der Waals surface area contributed by atoms with Crippen LogP contribution in [0.4, 0.5) is 0 Å². The van der Waals surface area contributed by atoms with Gasteiger partial charge in [0, 0.05) is 18.1 Å². The smallest absolute Gasteiger partial charge is 0.0359 e. The number of nitrogens with zero attached hydrogens (tertiary/aromatic N) is 2. The lowest BCUT2D eigenvalue weighted by Crippen LogP contribution is -2.61. The van der Waals surface area contributed by atoms with Crippen molar-refractivity contribution in [3.8, 4) is 0 Å². The highest BCUT2D eigenvalue weighted by Crippen LogP contribution is 2.41. The molecule has 19 heavy (non-hydrogen) atoms. The summed E-state index contributed by atoms with van der Waals surface area (Å²) in [6.45, 7) is 4.63. The van der Waals surface area contributed by atoms with Crippen LogP contribution in [0.5, 0.6) is 0 Å². The minimum atomic E-state index is 0.330. The van der Waals surface area contributed by atoms with E-state index in [2.05, 4.69) is 16.8 Å². The first-order valence-corrected chi connectivity index (χ1v) is 8.40. The van der Waals surface area contributed by atoms with Gasteiger partial charge in [-0.15, -0.1) is 0 Å². The predicted octanol–water partition coefficient (Wildman–Crippen LogP) is 2.06. The molecule has 3 nitrogen and oxygen atoms in total. The Balaban J connectivity index is 1.74. The molecule has 3 aliphatic rings. The van der Waals surface area contributed by atoms with Crippen molar-refractivity contribution < 1.29 is 0 Å². The number of likely N-dealkylation sites (tertiary alicyclic amines) is 2. The van der Waals surface area contributed by atoms with Gasteiger partial charge in [0.15, 0.2) is 0 Å².